The van der Waals surface area contributed by atoms with Crippen LogP contribution in [0, 0.1) is 126 Å². The van der Waals surface area contributed by atoms with E-state index >= 15 is 0 Å². The third kappa shape index (κ3) is 10.9. The second-order valence-corrected chi connectivity index (χ2v) is 15.0. The maximum Gasteiger partial charge on any atom is 2.00 e. The van der Waals surface area contributed by atoms with E-state index in [0.29, 0.717) is 0 Å². The fourth-order valence-electron chi connectivity index (χ4n) is 5.47. The van der Waals surface area contributed by atoms with Gasteiger partial charge in [-0.1, -0.05) is 121 Å². The normalized spacial score (nSPS) is 18.5. The van der Waals surface area contributed by atoms with Gasteiger partial charge < -0.3 is 0 Å². The smallest absolute Gasteiger partial charge is 0.0622 e. The molecule has 4 aromatic carbocycles. The van der Waals surface area contributed by atoms with Gasteiger partial charge in [0, 0.05) is 23.2 Å². The average Bonchev–Trinajstić information content (AvgIpc) is 3.97. The summed E-state index contributed by atoms with van der Waals surface area (Å²) in [7, 11) is -1.33. The molecule has 4 aliphatic rings. The minimum Gasteiger partial charge on any atom is -0.0622 e. The summed E-state index contributed by atoms with van der Waals surface area (Å²) in [6.07, 6.45) is 33.8. The Morgan fingerprint density at radius 3 is 0.708 bits per heavy atom. The summed E-state index contributed by atoms with van der Waals surface area (Å²) in [5.74, 6) is 2.71. The predicted molar refractivity (Wildman–Crippen MR) is 200 cm³/mol. The molecule has 0 N–H and O–H groups in total. The zero-order chi connectivity index (χ0) is 31.2. The molecule has 0 unspecified atom stereocenters. The first-order valence-electron chi connectivity index (χ1n) is 15.6. The van der Waals surface area contributed by atoms with Gasteiger partial charge in [0.15, 0.2) is 0 Å². The van der Waals surface area contributed by atoms with E-state index in [2.05, 4.69) is 160 Å². The first-order chi connectivity index (χ1) is 22.9. The van der Waals surface area contributed by atoms with Crippen LogP contribution < -0.4 is 21.2 Å². The van der Waals surface area contributed by atoms with Gasteiger partial charge in [-0.05, 0) is 140 Å². The van der Waals surface area contributed by atoms with Crippen molar-refractivity contribution in [1.29, 1.82) is 0 Å². The van der Waals surface area contributed by atoms with Gasteiger partial charge in [-0.2, -0.15) is 0 Å². The zero-order valence-corrected chi connectivity index (χ0v) is 30.4. The molecule has 0 saturated heterocycles. The summed E-state index contributed by atoms with van der Waals surface area (Å²) in [5, 5.41) is 5.53. The molecule has 4 fully saturated rings. The van der Waals surface area contributed by atoms with Crippen LogP contribution in [-0.2, 0) is 34.1 Å². The van der Waals surface area contributed by atoms with Gasteiger partial charge in [0.25, 0.3) is 0 Å². The van der Waals surface area contributed by atoms with Crippen LogP contribution in [0.2, 0.25) is 0 Å². The van der Waals surface area contributed by atoms with Gasteiger partial charge in [-0.3, -0.25) is 0 Å². The largest absolute Gasteiger partial charge is 2.00 e. The molecule has 0 nitrogen and oxygen atoms in total. The maximum absolute atomic E-state index is 2.34. The Balaban J connectivity index is 0.000000372. The molecule has 0 amide bonds. The van der Waals surface area contributed by atoms with Crippen molar-refractivity contribution in [1.82, 2.24) is 0 Å². The van der Waals surface area contributed by atoms with Crippen molar-refractivity contribution in [2.75, 3.05) is 0 Å². The second-order valence-electron chi connectivity index (χ2n) is 10.6. The summed E-state index contributed by atoms with van der Waals surface area (Å²) in [4.78, 5) is 0. The molecule has 4 aliphatic carbocycles. The molecule has 0 aromatic heterocycles. The Hall–Kier alpha value is -1.22. The van der Waals surface area contributed by atoms with Crippen molar-refractivity contribution in [2.24, 2.45) is 0 Å². The zero-order valence-electron chi connectivity index (χ0n) is 26.4. The van der Waals surface area contributed by atoms with Gasteiger partial charge in [0.1, 0.15) is 0 Å². The van der Waals surface area contributed by atoms with Gasteiger partial charge in [0.2, 0.25) is 0 Å². The minimum atomic E-state index is -0.667. The molecule has 0 spiro atoms. The fraction of sp³-hybridized carbons (Fsp3) is 0. The maximum atomic E-state index is 2.34. The molecule has 20 radical (unpaired) electrons. The molecule has 48 heavy (non-hydrogen) atoms. The Morgan fingerprint density at radius 2 is 0.479 bits per heavy atom. The van der Waals surface area contributed by atoms with Crippen LogP contribution in [0.3, 0.4) is 0 Å². The van der Waals surface area contributed by atoms with Gasteiger partial charge in [0.05, 0.1) is 0 Å². The van der Waals surface area contributed by atoms with Crippen molar-refractivity contribution < 1.29 is 34.1 Å². The summed E-state index contributed by atoms with van der Waals surface area (Å²) in [6.45, 7) is 0. The van der Waals surface area contributed by atoms with E-state index in [0.717, 1.165) is 0 Å². The molecule has 0 atom stereocenters. The number of hydrogen-bond acceptors (Lipinski definition) is 0. The number of benzene rings is 4. The molecular formula is C44H36Fe2P2+4. The van der Waals surface area contributed by atoms with E-state index in [1.165, 1.54) is 44.4 Å². The van der Waals surface area contributed by atoms with Gasteiger partial charge >= 0.3 is 34.1 Å². The van der Waals surface area contributed by atoms with Crippen LogP contribution >= 0.6 is 15.8 Å². The molecule has 234 valence electrons. The van der Waals surface area contributed by atoms with Crippen LogP contribution in [-0.4, -0.2) is 0 Å². The second kappa shape index (κ2) is 21.9. The Kier molecular flexibility index (Phi) is 18.0. The van der Waals surface area contributed by atoms with Gasteiger partial charge in [-0.15, -0.1) is 0 Å². The van der Waals surface area contributed by atoms with Crippen molar-refractivity contribution in [3.05, 3.63) is 247 Å². The number of rotatable bonds is 7. The standard InChI is InChI=1S/C34H26P2.2C5H5.2Fe/c1-5-15-27(16-6-1)35(28-17-7-2-8-18-28)33-25-13-23-31(33)32-24-14-26-34(32)36(29-19-9-3-10-20-29)30-21-11-4-12-22-30;2*1-2-4-5-3-1;;/h1-26H;2*1-5H;;/q;;;2*+2. The Labute approximate surface area is 316 Å². The molecule has 0 heterocycles. The first-order valence-corrected chi connectivity index (χ1v) is 18.2. The van der Waals surface area contributed by atoms with Crippen LogP contribution in [0.1, 0.15) is 0 Å². The summed E-state index contributed by atoms with van der Waals surface area (Å²) in [5.41, 5.74) is 2.84. The van der Waals surface area contributed by atoms with Crippen molar-refractivity contribution in [2.45, 2.75) is 0 Å². The monoisotopic (exact) mass is 738 g/mol. The van der Waals surface area contributed by atoms with Crippen LogP contribution in [0.5, 0.6) is 0 Å². The molecule has 0 aliphatic heterocycles. The summed E-state index contributed by atoms with van der Waals surface area (Å²) < 4.78 is 0. The molecule has 4 aromatic rings. The third-order valence-electron chi connectivity index (χ3n) is 7.53. The molecule has 4 saturated carbocycles. The molecule has 4 heteroatoms. The van der Waals surface area contributed by atoms with E-state index in [9.17, 15) is 0 Å². The Bertz CT molecular complexity index is 1170. The molecule has 0 bridgehead atoms. The van der Waals surface area contributed by atoms with E-state index in [-0.39, 0.29) is 34.1 Å². The van der Waals surface area contributed by atoms with E-state index in [1.54, 1.807) is 0 Å². The molecule has 8 rings (SSSR count). The SMILES string of the molecule is [CH]1[CH][CH][CH][CH]1.[CH]1[CH][CH][CH][CH]1.[CH]1[CH][C]([C]2[CH][CH][CH][C]2P(c2ccccc2)c2ccccc2)[C](P(c2ccccc2)c2ccccc2)[CH]1.[Fe+2].[Fe+2]. The van der Waals surface area contributed by atoms with Crippen LogP contribution in [0.25, 0.3) is 0 Å². The van der Waals surface area contributed by atoms with Crippen molar-refractivity contribution in [3.8, 4) is 0 Å². The van der Waals surface area contributed by atoms with Crippen LogP contribution in [0.4, 0.5) is 0 Å². The molecular weight excluding hydrogens is 702 g/mol. The van der Waals surface area contributed by atoms with E-state index < -0.39 is 15.8 Å². The number of hydrogen-bond donors (Lipinski definition) is 0. The van der Waals surface area contributed by atoms with Crippen molar-refractivity contribution >= 4 is 37.1 Å². The predicted octanol–water partition coefficient (Wildman–Crippen LogP) is 8.76. The third-order valence-corrected chi connectivity index (χ3v) is 12.5. The first kappa shape index (κ1) is 39.6. The van der Waals surface area contributed by atoms with Crippen molar-refractivity contribution in [3.63, 3.8) is 0 Å². The quantitative estimate of drug-likeness (QED) is 0.132. The van der Waals surface area contributed by atoms with Crippen LogP contribution in [0.15, 0.2) is 121 Å². The van der Waals surface area contributed by atoms with Gasteiger partial charge in [-0.25, -0.2) is 0 Å². The average molecular weight is 738 g/mol. The summed E-state index contributed by atoms with van der Waals surface area (Å²) in [6, 6.07) is 44.0. The summed E-state index contributed by atoms with van der Waals surface area (Å²) >= 11 is 0. The van der Waals surface area contributed by atoms with E-state index in [1.807, 2.05) is 64.2 Å². The minimum absolute atomic E-state index is 0. The fourth-order valence-corrected chi connectivity index (χ4v) is 10.4. The Morgan fingerprint density at radius 1 is 0.250 bits per heavy atom. The topological polar surface area (TPSA) is 0 Å². The van der Waals surface area contributed by atoms with E-state index in [4.69, 9.17) is 0 Å².